The van der Waals surface area contributed by atoms with Gasteiger partial charge in [0.2, 0.25) is 0 Å². The molecule has 3 atom stereocenters. The van der Waals surface area contributed by atoms with Gasteiger partial charge in [0, 0.05) is 6.54 Å². The third kappa shape index (κ3) is 3.03. The molecular weight excluding hydrogens is 267 g/mol. The van der Waals surface area contributed by atoms with Crippen molar-refractivity contribution in [1.82, 2.24) is 10.1 Å². The van der Waals surface area contributed by atoms with E-state index in [4.69, 9.17) is 0 Å². The van der Waals surface area contributed by atoms with Crippen molar-refractivity contribution in [3.63, 3.8) is 0 Å². The number of rotatable bonds is 4. The van der Waals surface area contributed by atoms with Gasteiger partial charge < -0.3 is 15.4 Å². The van der Waals surface area contributed by atoms with E-state index < -0.39 is 7.25 Å². The Kier molecular flexibility index (Phi) is 4.40. The van der Waals surface area contributed by atoms with Gasteiger partial charge in [0.15, 0.2) is 5.78 Å². The monoisotopic (exact) mass is 288 g/mol. The van der Waals surface area contributed by atoms with Gasteiger partial charge in [-0.15, -0.1) is 0 Å². The number of nitrogens with one attached hydrogen (secondary N) is 1. The summed E-state index contributed by atoms with van der Waals surface area (Å²) in [5.41, 5.74) is 1.26. The predicted octanol–water partition coefficient (Wildman–Crippen LogP) is 0.135. The summed E-state index contributed by atoms with van der Waals surface area (Å²) in [6.45, 7) is 1.37. The number of ketones is 1. The standard InChI is InChI=1S/C15H21BN2O3/c19-15(14-7-4-8-18(14)16(20)21)13-9-12(10-17-13)11-5-2-1-3-6-11/h1-3,5-6,12-14,17,20-21H,4,7-10H2/t12-,13+,14-/m1/s1. The molecule has 0 saturated carbocycles. The lowest BCUT2D eigenvalue weighted by Crippen LogP contribution is -2.51. The lowest BCUT2D eigenvalue weighted by atomic mass is 9.91. The van der Waals surface area contributed by atoms with Crippen LogP contribution in [0.25, 0.3) is 0 Å². The van der Waals surface area contributed by atoms with E-state index in [1.54, 1.807) is 0 Å². The Hall–Kier alpha value is -1.21. The van der Waals surface area contributed by atoms with E-state index in [1.807, 2.05) is 18.2 Å². The fraction of sp³-hybridized carbons (Fsp3) is 0.533. The summed E-state index contributed by atoms with van der Waals surface area (Å²) in [6, 6.07) is 9.68. The van der Waals surface area contributed by atoms with Crippen molar-refractivity contribution in [3.05, 3.63) is 35.9 Å². The Labute approximate surface area is 125 Å². The van der Waals surface area contributed by atoms with Crippen LogP contribution in [0.4, 0.5) is 0 Å². The maximum atomic E-state index is 12.6. The molecule has 0 amide bonds. The van der Waals surface area contributed by atoms with Gasteiger partial charge in [-0.3, -0.25) is 9.61 Å². The maximum Gasteiger partial charge on any atom is 0.552 e. The molecule has 21 heavy (non-hydrogen) atoms. The van der Waals surface area contributed by atoms with Gasteiger partial charge in [0.05, 0.1) is 12.1 Å². The fourth-order valence-electron chi connectivity index (χ4n) is 3.53. The average molecular weight is 288 g/mol. The summed E-state index contributed by atoms with van der Waals surface area (Å²) in [5, 5.41) is 22.0. The zero-order valence-corrected chi connectivity index (χ0v) is 12.0. The molecule has 112 valence electrons. The largest absolute Gasteiger partial charge is 0.552 e. The van der Waals surface area contributed by atoms with Crippen LogP contribution in [0.5, 0.6) is 0 Å². The maximum absolute atomic E-state index is 12.6. The van der Waals surface area contributed by atoms with Crippen molar-refractivity contribution < 1.29 is 14.8 Å². The number of hydrogen-bond donors (Lipinski definition) is 3. The molecule has 3 N–H and O–H groups in total. The van der Waals surface area contributed by atoms with Gasteiger partial charge in [-0.1, -0.05) is 30.3 Å². The van der Waals surface area contributed by atoms with Crippen molar-refractivity contribution in [2.75, 3.05) is 13.1 Å². The number of hydrogen-bond acceptors (Lipinski definition) is 5. The first-order valence-corrected chi connectivity index (χ1v) is 7.61. The SMILES string of the molecule is O=C([C@@H]1C[C@@H](c2ccccc2)CN1)[C@H]1CCCN1B(O)O. The van der Waals surface area contributed by atoms with Crippen LogP contribution >= 0.6 is 0 Å². The van der Waals surface area contributed by atoms with Gasteiger partial charge in [0.25, 0.3) is 0 Å². The minimum atomic E-state index is -1.53. The first-order chi connectivity index (χ1) is 10.2. The van der Waals surface area contributed by atoms with Crippen molar-refractivity contribution >= 4 is 13.0 Å². The highest BCUT2D eigenvalue weighted by molar-refractivity contribution is 6.38. The molecule has 0 bridgehead atoms. The average Bonchev–Trinajstić information content (AvgIpc) is 3.17. The fourth-order valence-corrected chi connectivity index (χ4v) is 3.53. The van der Waals surface area contributed by atoms with Gasteiger partial charge in [0.1, 0.15) is 0 Å². The van der Waals surface area contributed by atoms with E-state index >= 15 is 0 Å². The number of carbonyl (C=O) groups excluding carboxylic acids is 1. The Bertz CT molecular complexity index is 497. The summed E-state index contributed by atoms with van der Waals surface area (Å²) in [5.74, 6) is 0.452. The van der Waals surface area contributed by atoms with Crippen molar-refractivity contribution in [2.45, 2.75) is 37.3 Å². The van der Waals surface area contributed by atoms with E-state index in [1.165, 1.54) is 10.4 Å². The lowest BCUT2D eigenvalue weighted by molar-refractivity contribution is -0.124. The van der Waals surface area contributed by atoms with Crippen molar-refractivity contribution in [1.29, 1.82) is 0 Å². The number of benzene rings is 1. The molecule has 3 rings (SSSR count). The Morgan fingerprint density at radius 2 is 2.05 bits per heavy atom. The topological polar surface area (TPSA) is 72.8 Å². The van der Waals surface area contributed by atoms with Crippen LogP contribution in [0.2, 0.25) is 0 Å². The highest BCUT2D eigenvalue weighted by Crippen LogP contribution is 2.28. The zero-order valence-electron chi connectivity index (χ0n) is 12.0. The summed E-state index contributed by atoms with van der Waals surface area (Å²) in [7, 11) is -1.53. The molecule has 2 saturated heterocycles. The van der Waals surface area contributed by atoms with Crippen LogP contribution in [-0.2, 0) is 4.79 Å². The molecule has 5 nitrogen and oxygen atoms in total. The minimum Gasteiger partial charge on any atom is -0.413 e. The van der Waals surface area contributed by atoms with Crippen LogP contribution in [0, 0.1) is 0 Å². The van der Waals surface area contributed by atoms with Crippen LogP contribution in [0.3, 0.4) is 0 Å². The summed E-state index contributed by atoms with van der Waals surface area (Å²) < 4.78 is 0. The molecule has 0 aliphatic carbocycles. The molecule has 0 radical (unpaired) electrons. The van der Waals surface area contributed by atoms with E-state index in [2.05, 4.69) is 17.4 Å². The Morgan fingerprint density at radius 1 is 1.29 bits per heavy atom. The molecule has 2 heterocycles. The smallest absolute Gasteiger partial charge is 0.413 e. The quantitative estimate of drug-likeness (QED) is 0.687. The van der Waals surface area contributed by atoms with Crippen LogP contribution in [0.15, 0.2) is 30.3 Å². The van der Waals surface area contributed by atoms with E-state index in [-0.39, 0.29) is 17.9 Å². The summed E-state index contributed by atoms with van der Waals surface area (Å²) in [6.07, 6.45) is 2.34. The zero-order chi connectivity index (χ0) is 14.8. The summed E-state index contributed by atoms with van der Waals surface area (Å²) in [4.78, 5) is 14.1. The van der Waals surface area contributed by atoms with Gasteiger partial charge >= 0.3 is 7.25 Å². The third-order valence-electron chi connectivity index (χ3n) is 4.66. The molecule has 1 aromatic rings. The first kappa shape index (κ1) is 14.7. The third-order valence-corrected chi connectivity index (χ3v) is 4.66. The molecule has 0 spiro atoms. The number of carbonyl (C=O) groups is 1. The summed E-state index contributed by atoms with van der Waals surface area (Å²) >= 11 is 0. The molecule has 2 aliphatic heterocycles. The van der Waals surface area contributed by atoms with Crippen molar-refractivity contribution in [2.24, 2.45) is 0 Å². The molecule has 6 heteroatoms. The molecule has 0 unspecified atom stereocenters. The molecule has 1 aromatic carbocycles. The van der Waals surface area contributed by atoms with Gasteiger partial charge in [-0.25, -0.2) is 0 Å². The van der Waals surface area contributed by atoms with Gasteiger partial charge in [-0.2, -0.15) is 0 Å². The van der Waals surface area contributed by atoms with E-state index in [0.717, 1.165) is 19.4 Å². The molecule has 0 aromatic heterocycles. The van der Waals surface area contributed by atoms with Crippen LogP contribution in [0.1, 0.15) is 30.7 Å². The Morgan fingerprint density at radius 3 is 2.76 bits per heavy atom. The van der Waals surface area contributed by atoms with Crippen LogP contribution in [-0.4, -0.2) is 53.1 Å². The first-order valence-electron chi connectivity index (χ1n) is 7.61. The second kappa shape index (κ2) is 6.28. The highest BCUT2D eigenvalue weighted by Gasteiger charge is 2.41. The van der Waals surface area contributed by atoms with E-state index in [0.29, 0.717) is 18.9 Å². The normalized spacial score (nSPS) is 29.7. The second-order valence-electron chi connectivity index (χ2n) is 5.95. The number of nitrogens with zero attached hydrogens (tertiary/aromatic N) is 1. The van der Waals surface area contributed by atoms with Crippen molar-refractivity contribution in [3.8, 4) is 0 Å². The molecular formula is C15H21BN2O3. The minimum absolute atomic E-state index is 0.0963. The molecule has 2 aliphatic rings. The highest BCUT2D eigenvalue weighted by atomic mass is 16.4. The Balaban J connectivity index is 1.65. The van der Waals surface area contributed by atoms with Gasteiger partial charge in [-0.05, 0) is 37.3 Å². The lowest BCUT2D eigenvalue weighted by Gasteiger charge is -2.24. The predicted molar refractivity (Wildman–Crippen MR) is 80.5 cm³/mol. The molecule has 2 fully saturated rings. The van der Waals surface area contributed by atoms with Crippen LogP contribution < -0.4 is 5.32 Å². The second-order valence-corrected chi connectivity index (χ2v) is 5.95. The number of Topliss-reactive ketones (excluding diaryl/α,β-unsaturated/α-hetero) is 1. The van der Waals surface area contributed by atoms with E-state index in [9.17, 15) is 14.8 Å².